The van der Waals surface area contributed by atoms with Crippen molar-refractivity contribution in [2.45, 2.75) is 19.9 Å². The molecule has 0 unspecified atom stereocenters. The van der Waals surface area contributed by atoms with E-state index in [1.807, 2.05) is 71.3 Å². The third-order valence-corrected chi connectivity index (χ3v) is 6.44. The zero-order valence-corrected chi connectivity index (χ0v) is 20.6. The van der Waals surface area contributed by atoms with Crippen molar-refractivity contribution < 1.29 is 0 Å². The van der Waals surface area contributed by atoms with Crippen molar-refractivity contribution in [3.63, 3.8) is 0 Å². The molecule has 3 heterocycles. The van der Waals surface area contributed by atoms with Crippen molar-refractivity contribution >= 4 is 17.0 Å². The molecule has 0 aliphatic carbocycles. The summed E-state index contributed by atoms with van der Waals surface area (Å²) >= 11 is 0. The van der Waals surface area contributed by atoms with E-state index in [4.69, 9.17) is 9.97 Å². The Morgan fingerprint density at radius 2 is 1.65 bits per heavy atom. The van der Waals surface area contributed by atoms with E-state index in [1.54, 1.807) is 12.5 Å². The number of imidazole rings is 1. The molecule has 0 bridgehead atoms. The Balaban J connectivity index is 1.44. The third kappa shape index (κ3) is 4.54. The van der Waals surface area contributed by atoms with Crippen molar-refractivity contribution in [2.24, 2.45) is 0 Å². The van der Waals surface area contributed by atoms with Gasteiger partial charge >= 0.3 is 0 Å². The topological polar surface area (TPSA) is 81.4 Å². The summed E-state index contributed by atoms with van der Waals surface area (Å²) in [6.07, 6.45) is 3.47. The molecule has 7 heteroatoms. The molecule has 1 N–H and O–H groups in total. The lowest BCUT2D eigenvalue weighted by atomic mass is 10.1. The summed E-state index contributed by atoms with van der Waals surface area (Å²) in [6, 6.07) is 30.5. The molecule has 0 radical (unpaired) electrons. The summed E-state index contributed by atoms with van der Waals surface area (Å²) in [7, 11) is 0. The van der Waals surface area contributed by atoms with Crippen LogP contribution in [-0.4, -0.2) is 29.7 Å². The van der Waals surface area contributed by atoms with Crippen molar-refractivity contribution in [2.75, 3.05) is 5.32 Å². The number of aryl methyl sites for hydroxylation is 1. The highest BCUT2D eigenvalue weighted by molar-refractivity contribution is 5.82. The number of anilines is 1. The minimum atomic E-state index is 0.0373. The van der Waals surface area contributed by atoms with E-state index in [2.05, 4.69) is 58.6 Å². The maximum Gasteiger partial charge on any atom is 0.225 e. The lowest BCUT2D eigenvalue weighted by molar-refractivity contribution is 0.855. The number of fused-ring (bicyclic) bond motifs is 1. The van der Waals surface area contributed by atoms with Gasteiger partial charge in [-0.05, 0) is 49.2 Å². The van der Waals surface area contributed by atoms with Crippen LogP contribution in [0, 0.1) is 6.92 Å². The molecule has 0 amide bonds. The summed E-state index contributed by atoms with van der Waals surface area (Å²) in [5, 5.41) is 11.7. The number of nitrogens with one attached hydrogen (secondary N) is 1. The van der Waals surface area contributed by atoms with Gasteiger partial charge in [-0.2, -0.15) is 15.2 Å². The van der Waals surface area contributed by atoms with Gasteiger partial charge in [-0.3, -0.25) is 4.57 Å². The molecule has 7 nitrogen and oxygen atoms in total. The fourth-order valence-electron chi connectivity index (χ4n) is 4.45. The summed E-state index contributed by atoms with van der Waals surface area (Å²) in [5.74, 6) is 1.30. The molecular weight excluding hydrogens is 458 g/mol. The summed E-state index contributed by atoms with van der Waals surface area (Å²) < 4.78 is 2.00. The molecule has 0 saturated heterocycles. The highest BCUT2D eigenvalue weighted by Crippen LogP contribution is 2.28. The van der Waals surface area contributed by atoms with Gasteiger partial charge in [0.15, 0.2) is 0 Å². The first-order valence-electron chi connectivity index (χ1n) is 12.2. The van der Waals surface area contributed by atoms with Crippen LogP contribution in [0.25, 0.3) is 39.4 Å². The van der Waals surface area contributed by atoms with Crippen LogP contribution >= 0.6 is 0 Å². The molecule has 3 aromatic carbocycles. The minimum Gasteiger partial charge on any atom is -0.348 e. The first-order chi connectivity index (χ1) is 18.2. The van der Waals surface area contributed by atoms with Gasteiger partial charge in [0, 0.05) is 23.4 Å². The first-order valence-corrected chi connectivity index (χ1v) is 12.2. The Hall–Kier alpha value is -4.91. The monoisotopic (exact) mass is 483 g/mol. The molecule has 6 aromatic rings. The summed E-state index contributed by atoms with van der Waals surface area (Å²) in [4.78, 5) is 14.5. The maximum absolute atomic E-state index is 4.91. The molecule has 0 saturated carbocycles. The van der Waals surface area contributed by atoms with Crippen LogP contribution in [0.5, 0.6) is 0 Å². The molecule has 0 spiro atoms. The molecule has 0 aliphatic heterocycles. The van der Waals surface area contributed by atoms with Crippen molar-refractivity contribution in [1.29, 1.82) is 0 Å². The van der Waals surface area contributed by atoms with Crippen molar-refractivity contribution in [1.82, 2.24) is 29.7 Å². The summed E-state index contributed by atoms with van der Waals surface area (Å²) in [6.45, 7) is 4.21. The smallest absolute Gasteiger partial charge is 0.225 e. The van der Waals surface area contributed by atoms with Gasteiger partial charge in [0.2, 0.25) is 5.95 Å². The average molecular weight is 484 g/mol. The van der Waals surface area contributed by atoms with E-state index in [0.29, 0.717) is 5.95 Å². The molecule has 6 rings (SSSR count). The van der Waals surface area contributed by atoms with Gasteiger partial charge in [-0.1, -0.05) is 60.7 Å². The van der Waals surface area contributed by atoms with Crippen LogP contribution in [0.15, 0.2) is 104 Å². The minimum absolute atomic E-state index is 0.0373. The SMILES string of the molecule is Cc1ccccc1-c1cc(-n2cnc3cc(-c4cccnn4)ccc32)nc(N[C@@H](C)c2ccccc2)n1. The van der Waals surface area contributed by atoms with Crippen molar-refractivity contribution in [3.8, 4) is 28.3 Å². The highest BCUT2D eigenvalue weighted by atomic mass is 15.2. The van der Waals surface area contributed by atoms with Crippen LogP contribution < -0.4 is 5.32 Å². The predicted octanol–water partition coefficient (Wildman–Crippen LogP) is 6.42. The lowest BCUT2D eigenvalue weighted by Crippen LogP contribution is -2.11. The van der Waals surface area contributed by atoms with Gasteiger partial charge in [0.05, 0.1) is 28.5 Å². The third-order valence-electron chi connectivity index (χ3n) is 6.44. The second-order valence-corrected chi connectivity index (χ2v) is 8.95. The summed E-state index contributed by atoms with van der Waals surface area (Å²) in [5.41, 5.74) is 7.81. The average Bonchev–Trinajstić information content (AvgIpc) is 3.37. The predicted molar refractivity (Wildman–Crippen MR) is 146 cm³/mol. The second-order valence-electron chi connectivity index (χ2n) is 8.95. The van der Waals surface area contributed by atoms with Gasteiger partial charge in [0.1, 0.15) is 12.1 Å². The van der Waals surface area contributed by atoms with E-state index in [-0.39, 0.29) is 6.04 Å². The Morgan fingerprint density at radius 3 is 2.46 bits per heavy atom. The highest BCUT2D eigenvalue weighted by Gasteiger charge is 2.15. The Kier molecular flexibility index (Phi) is 5.86. The zero-order valence-electron chi connectivity index (χ0n) is 20.6. The standard InChI is InChI=1S/C30H25N7/c1-20-9-6-7-12-24(20)26-18-29(35-30(34-26)33-21(2)22-10-4-3-5-11-22)37-19-31-27-17-23(14-15-28(27)37)25-13-8-16-32-36-25/h3-19,21H,1-2H3,(H,33,34,35)/t21-/m0/s1. The van der Waals surface area contributed by atoms with Gasteiger partial charge in [-0.25, -0.2) is 9.97 Å². The molecule has 180 valence electrons. The van der Waals surface area contributed by atoms with Gasteiger partial charge in [0.25, 0.3) is 0 Å². The number of hydrogen-bond acceptors (Lipinski definition) is 6. The van der Waals surface area contributed by atoms with E-state index < -0.39 is 0 Å². The van der Waals surface area contributed by atoms with E-state index in [0.717, 1.165) is 44.9 Å². The number of rotatable bonds is 6. The normalized spacial score (nSPS) is 11.9. The Bertz CT molecular complexity index is 1680. The van der Waals surface area contributed by atoms with Crippen molar-refractivity contribution in [3.05, 3.63) is 115 Å². The molecule has 1 atom stereocenters. The number of benzene rings is 3. The van der Waals surface area contributed by atoms with Gasteiger partial charge in [-0.15, -0.1) is 0 Å². The molecule has 0 aliphatic rings. The van der Waals surface area contributed by atoms with Crippen LogP contribution in [0.4, 0.5) is 5.95 Å². The quantitative estimate of drug-likeness (QED) is 0.294. The second kappa shape index (κ2) is 9.62. The molecule has 0 fully saturated rings. The Morgan fingerprint density at radius 1 is 0.811 bits per heavy atom. The number of aromatic nitrogens is 6. The fraction of sp³-hybridized carbons (Fsp3) is 0.100. The first kappa shape index (κ1) is 22.5. The van der Waals surface area contributed by atoms with Gasteiger partial charge < -0.3 is 5.32 Å². The van der Waals surface area contributed by atoms with E-state index in [1.165, 1.54) is 5.56 Å². The number of nitrogens with zero attached hydrogens (tertiary/aromatic N) is 6. The molecule has 3 aromatic heterocycles. The number of hydrogen-bond donors (Lipinski definition) is 1. The largest absolute Gasteiger partial charge is 0.348 e. The molecule has 37 heavy (non-hydrogen) atoms. The lowest BCUT2D eigenvalue weighted by Gasteiger charge is -2.17. The van der Waals surface area contributed by atoms with E-state index in [9.17, 15) is 0 Å². The van der Waals surface area contributed by atoms with Crippen LogP contribution in [-0.2, 0) is 0 Å². The fourth-order valence-corrected chi connectivity index (χ4v) is 4.45. The molecular formula is C30H25N7. The maximum atomic E-state index is 4.91. The van der Waals surface area contributed by atoms with Crippen LogP contribution in [0.3, 0.4) is 0 Å². The van der Waals surface area contributed by atoms with Crippen LogP contribution in [0.2, 0.25) is 0 Å². The Labute approximate surface area is 214 Å². The zero-order chi connectivity index (χ0) is 25.2. The van der Waals surface area contributed by atoms with E-state index >= 15 is 0 Å². The van der Waals surface area contributed by atoms with Crippen LogP contribution in [0.1, 0.15) is 24.1 Å².